The first-order valence-corrected chi connectivity index (χ1v) is 7.56. The summed E-state index contributed by atoms with van der Waals surface area (Å²) in [6.45, 7) is 10.5. The molecule has 0 aromatic rings. The zero-order valence-electron chi connectivity index (χ0n) is 12.1. The second kappa shape index (κ2) is 8.10. The molecule has 0 aromatic carbocycles. The lowest BCUT2D eigenvalue weighted by Gasteiger charge is -2.33. The molecule has 0 saturated heterocycles. The highest BCUT2D eigenvalue weighted by Gasteiger charge is 2.25. The largest absolute Gasteiger partial charge is 0.316 e. The fraction of sp³-hybridized carbons (Fsp3) is 1.00. The molecule has 0 heterocycles. The molecule has 1 aliphatic carbocycles. The number of nitrogens with one attached hydrogen (secondary N) is 2. The van der Waals surface area contributed by atoms with E-state index < -0.39 is 0 Å². The summed E-state index contributed by atoms with van der Waals surface area (Å²) in [6, 6.07) is 0.629. The number of hydrogen-bond donors (Lipinski definition) is 2. The summed E-state index contributed by atoms with van der Waals surface area (Å²) in [5.41, 5.74) is 0.592. The van der Waals surface area contributed by atoms with E-state index in [4.69, 9.17) is 0 Å². The fourth-order valence-corrected chi connectivity index (χ4v) is 2.74. The monoisotopic (exact) mass is 240 g/mol. The SMILES string of the molecule is CC(C)NCCCCNCC1(C)CCCCC1. The van der Waals surface area contributed by atoms with Gasteiger partial charge in [-0.15, -0.1) is 0 Å². The van der Waals surface area contributed by atoms with Crippen molar-refractivity contribution in [1.82, 2.24) is 10.6 Å². The predicted molar refractivity (Wildman–Crippen MR) is 76.4 cm³/mol. The summed E-state index contributed by atoms with van der Waals surface area (Å²) >= 11 is 0. The van der Waals surface area contributed by atoms with E-state index in [-0.39, 0.29) is 0 Å². The Morgan fingerprint density at radius 2 is 1.65 bits per heavy atom. The molecule has 102 valence electrons. The van der Waals surface area contributed by atoms with Crippen molar-refractivity contribution in [2.45, 2.75) is 71.8 Å². The number of rotatable bonds is 8. The van der Waals surface area contributed by atoms with Gasteiger partial charge in [-0.05, 0) is 44.2 Å². The van der Waals surface area contributed by atoms with Gasteiger partial charge in [0.1, 0.15) is 0 Å². The van der Waals surface area contributed by atoms with Crippen LogP contribution in [-0.2, 0) is 0 Å². The second-order valence-corrected chi connectivity index (χ2v) is 6.36. The fourth-order valence-electron chi connectivity index (χ4n) is 2.74. The Kier molecular flexibility index (Phi) is 7.14. The Hall–Kier alpha value is -0.0800. The standard InChI is InChI=1S/C15H32N2/c1-14(2)17-12-8-7-11-16-13-15(3)9-5-4-6-10-15/h14,16-17H,4-13H2,1-3H3. The van der Waals surface area contributed by atoms with E-state index in [1.54, 1.807) is 0 Å². The molecule has 0 aromatic heterocycles. The van der Waals surface area contributed by atoms with Crippen molar-refractivity contribution in [3.63, 3.8) is 0 Å². The molecule has 1 fully saturated rings. The first-order chi connectivity index (χ1) is 8.12. The van der Waals surface area contributed by atoms with Gasteiger partial charge in [-0.25, -0.2) is 0 Å². The lowest BCUT2D eigenvalue weighted by Crippen LogP contribution is -2.34. The van der Waals surface area contributed by atoms with E-state index in [9.17, 15) is 0 Å². The van der Waals surface area contributed by atoms with Gasteiger partial charge in [-0.2, -0.15) is 0 Å². The van der Waals surface area contributed by atoms with Gasteiger partial charge in [0.25, 0.3) is 0 Å². The van der Waals surface area contributed by atoms with E-state index in [0.717, 1.165) is 6.54 Å². The van der Waals surface area contributed by atoms with Crippen LogP contribution >= 0.6 is 0 Å². The van der Waals surface area contributed by atoms with Crippen molar-refractivity contribution in [3.05, 3.63) is 0 Å². The lowest BCUT2D eigenvalue weighted by molar-refractivity contribution is 0.208. The molecular weight excluding hydrogens is 208 g/mol. The Balaban J connectivity index is 1.93. The molecule has 17 heavy (non-hydrogen) atoms. The van der Waals surface area contributed by atoms with Crippen molar-refractivity contribution in [2.24, 2.45) is 5.41 Å². The van der Waals surface area contributed by atoms with Crippen LogP contribution in [0.2, 0.25) is 0 Å². The maximum Gasteiger partial charge on any atom is 0.00103 e. The summed E-state index contributed by atoms with van der Waals surface area (Å²) in [4.78, 5) is 0. The summed E-state index contributed by atoms with van der Waals surface area (Å²) in [5, 5.41) is 7.12. The van der Waals surface area contributed by atoms with Gasteiger partial charge in [0, 0.05) is 12.6 Å². The van der Waals surface area contributed by atoms with Crippen LogP contribution in [0.3, 0.4) is 0 Å². The molecule has 1 rings (SSSR count). The van der Waals surface area contributed by atoms with Crippen LogP contribution in [0.15, 0.2) is 0 Å². The van der Waals surface area contributed by atoms with E-state index in [1.807, 2.05) is 0 Å². The summed E-state index contributed by atoms with van der Waals surface area (Å²) in [7, 11) is 0. The Morgan fingerprint density at radius 1 is 1.00 bits per heavy atom. The maximum atomic E-state index is 3.66. The molecule has 2 heteroatoms. The quantitative estimate of drug-likeness (QED) is 0.636. The minimum Gasteiger partial charge on any atom is -0.316 e. The molecular formula is C15H32N2. The minimum absolute atomic E-state index is 0.592. The zero-order valence-corrected chi connectivity index (χ0v) is 12.1. The highest BCUT2D eigenvalue weighted by Crippen LogP contribution is 2.34. The van der Waals surface area contributed by atoms with Gasteiger partial charge in [0.15, 0.2) is 0 Å². The van der Waals surface area contributed by atoms with Gasteiger partial charge in [-0.1, -0.05) is 40.0 Å². The molecule has 2 N–H and O–H groups in total. The number of unbranched alkanes of at least 4 members (excludes halogenated alkanes) is 1. The third-order valence-electron chi connectivity index (χ3n) is 3.95. The molecule has 0 amide bonds. The lowest BCUT2D eigenvalue weighted by atomic mass is 9.76. The van der Waals surface area contributed by atoms with Gasteiger partial charge in [0.05, 0.1) is 0 Å². The van der Waals surface area contributed by atoms with E-state index in [2.05, 4.69) is 31.4 Å². The number of hydrogen-bond acceptors (Lipinski definition) is 2. The summed E-state index contributed by atoms with van der Waals surface area (Å²) < 4.78 is 0. The van der Waals surface area contributed by atoms with Crippen LogP contribution in [0.4, 0.5) is 0 Å². The van der Waals surface area contributed by atoms with E-state index >= 15 is 0 Å². The third-order valence-corrected chi connectivity index (χ3v) is 3.95. The summed E-state index contributed by atoms with van der Waals surface area (Å²) in [5.74, 6) is 0. The van der Waals surface area contributed by atoms with Crippen LogP contribution in [0.1, 0.15) is 65.7 Å². The molecule has 0 aliphatic heterocycles. The van der Waals surface area contributed by atoms with Crippen LogP contribution < -0.4 is 10.6 Å². The van der Waals surface area contributed by atoms with Gasteiger partial charge < -0.3 is 10.6 Å². The molecule has 0 spiro atoms. The molecule has 0 atom stereocenters. The minimum atomic E-state index is 0.592. The Morgan fingerprint density at radius 3 is 2.29 bits per heavy atom. The molecule has 0 bridgehead atoms. The highest BCUT2D eigenvalue weighted by atomic mass is 14.9. The zero-order chi connectivity index (χ0) is 12.6. The highest BCUT2D eigenvalue weighted by molar-refractivity contribution is 4.80. The second-order valence-electron chi connectivity index (χ2n) is 6.36. The molecule has 1 saturated carbocycles. The molecule has 0 unspecified atom stereocenters. The molecule has 1 aliphatic rings. The smallest absolute Gasteiger partial charge is 0.00103 e. The molecule has 2 nitrogen and oxygen atoms in total. The van der Waals surface area contributed by atoms with Crippen molar-refractivity contribution in [2.75, 3.05) is 19.6 Å². The van der Waals surface area contributed by atoms with Crippen molar-refractivity contribution < 1.29 is 0 Å². The Bertz CT molecular complexity index is 183. The van der Waals surface area contributed by atoms with E-state index in [1.165, 1.54) is 58.0 Å². The predicted octanol–water partition coefficient (Wildman–Crippen LogP) is 3.32. The first-order valence-electron chi connectivity index (χ1n) is 7.56. The maximum absolute atomic E-state index is 3.66. The normalized spacial score (nSPS) is 19.8. The van der Waals surface area contributed by atoms with E-state index in [0.29, 0.717) is 11.5 Å². The molecule has 0 radical (unpaired) electrons. The Labute approximate surface area is 108 Å². The van der Waals surface area contributed by atoms with Crippen LogP contribution in [0, 0.1) is 5.41 Å². The van der Waals surface area contributed by atoms with Gasteiger partial charge in [-0.3, -0.25) is 0 Å². The average molecular weight is 240 g/mol. The van der Waals surface area contributed by atoms with Crippen LogP contribution in [-0.4, -0.2) is 25.7 Å². The third kappa shape index (κ3) is 7.05. The topological polar surface area (TPSA) is 24.1 Å². The van der Waals surface area contributed by atoms with Crippen LogP contribution in [0.25, 0.3) is 0 Å². The van der Waals surface area contributed by atoms with Gasteiger partial charge in [0.2, 0.25) is 0 Å². The van der Waals surface area contributed by atoms with Crippen molar-refractivity contribution >= 4 is 0 Å². The van der Waals surface area contributed by atoms with Crippen LogP contribution in [0.5, 0.6) is 0 Å². The van der Waals surface area contributed by atoms with Crippen molar-refractivity contribution in [1.29, 1.82) is 0 Å². The van der Waals surface area contributed by atoms with Crippen molar-refractivity contribution in [3.8, 4) is 0 Å². The average Bonchev–Trinajstić information content (AvgIpc) is 2.28. The summed E-state index contributed by atoms with van der Waals surface area (Å²) in [6.07, 6.45) is 9.78. The van der Waals surface area contributed by atoms with Gasteiger partial charge >= 0.3 is 0 Å². The first kappa shape index (κ1) is 15.0.